The topological polar surface area (TPSA) is 35.6 Å². The van der Waals surface area contributed by atoms with E-state index >= 15 is 0 Å². The molecule has 1 fully saturated rings. The lowest BCUT2D eigenvalue weighted by Gasteiger charge is -2.49. The Kier molecular flexibility index (Phi) is 6.32. The zero-order valence-electron chi connectivity index (χ0n) is 19.2. The van der Waals surface area contributed by atoms with Crippen molar-refractivity contribution in [3.8, 4) is 0 Å². The van der Waals surface area contributed by atoms with E-state index in [9.17, 15) is 26.7 Å². The largest absolute Gasteiger partial charge is 0.416 e. The molecule has 0 aliphatic carbocycles. The van der Waals surface area contributed by atoms with E-state index in [-0.39, 0.29) is 30.7 Å². The van der Waals surface area contributed by atoms with Gasteiger partial charge in [-0.25, -0.2) is 8.78 Å². The highest BCUT2D eigenvalue weighted by Gasteiger charge is 2.42. The number of carbonyl (C=O) groups is 1. The van der Waals surface area contributed by atoms with Crippen LogP contribution in [0.1, 0.15) is 16.7 Å². The number of anilines is 2. The van der Waals surface area contributed by atoms with Gasteiger partial charge in [0.15, 0.2) is 0 Å². The third kappa shape index (κ3) is 4.74. The number of fused-ring (bicyclic) bond motifs is 3. The van der Waals surface area contributed by atoms with Gasteiger partial charge in [-0.15, -0.1) is 0 Å². The van der Waals surface area contributed by atoms with Crippen molar-refractivity contribution in [2.75, 3.05) is 29.4 Å². The van der Waals surface area contributed by atoms with Crippen LogP contribution >= 0.6 is 0 Å². The van der Waals surface area contributed by atoms with Gasteiger partial charge in [0, 0.05) is 43.1 Å². The molecule has 0 spiro atoms. The highest BCUT2D eigenvalue weighted by molar-refractivity contribution is 5.82. The number of hydrogen-bond donors (Lipinski definition) is 1. The molecule has 1 saturated heterocycles. The van der Waals surface area contributed by atoms with E-state index in [1.54, 1.807) is 30.3 Å². The third-order valence-electron chi connectivity index (χ3n) is 6.98. The summed E-state index contributed by atoms with van der Waals surface area (Å²) < 4.78 is 67.7. The molecule has 4 nitrogen and oxygen atoms in total. The van der Waals surface area contributed by atoms with Crippen molar-refractivity contribution in [1.29, 1.82) is 0 Å². The van der Waals surface area contributed by atoms with Gasteiger partial charge in [-0.2, -0.15) is 13.2 Å². The van der Waals surface area contributed by atoms with Crippen LogP contribution in [-0.4, -0.2) is 31.6 Å². The van der Waals surface area contributed by atoms with E-state index in [2.05, 4.69) is 5.32 Å². The molecular weight excluding hydrogens is 477 g/mol. The number of amides is 1. The Labute approximate surface area is 205 Å². The van der Waals surface area contributed by atoms with Crippen LogP contribution in [0, 0.1) is 17.6 Å². The molecule has 188 valence electrons. The molecule has 9 heteroatoms. The summed E-state index contributed by atoms with van der Waals surface area (Å²) in [5.41, 5.74) is 1.53. The fraction of sp³-hybridized carbons (Fsp3) is 0.296. The molecule has 2 aliphatic heterocycles. The predicted molar refractivity (Wildman–Crippen MR) is 127 cm³/mol. The highest BCUT2D eigenvalue weighted by Crippen LogP contribution is 2.40. The number of nitrogens with one attached hydrogen (secondary N) is 1. The van der Waals surface area contributed by atoms with E-state index in [0.717, 1.165) is 17.8 Å². The molecule has 1 N–H and O–H groups in total. The molecule has 1 amide bonds. The van der Waals surface area contributed by atoms with Crippen molar-refractivity contribution in [1.82, 2.24) is 5.32 Å². The lowest BCUT2D eigenvalue weighted by molar-refractivity contribution is -0.137. The first-order valence-electron chi connectivity index (χ1n) is 11.7. The molecule has 0 unspecified atom stereocenters. The summed E-state index contributed by atoms with van der Waals surface area (Å²) in [6.07, 6.45) is -4.36. The first-order chi connectivity index (χ1) is 17.2. The first kappa shape index (κ1) is 24.1. The number of piperazine rings is 1. The number of hydrogen-bond acceptors (Lipinski definition) is 3. The second-order valence-corrected chi connectivity index (χ2v) is 9.14. The summed E-state index contributed by atoms with van der Waals surface area (Å²) in [7, 11) is 0. The second kappa shape index (κ2) is 9.44. The molecule has 2 atom stereocenters. The van der Waals surface area contributed by atoms with Gasteiger partial charge in [0.2, 0.25) is 5.91 Å². The molecule has 0 aromatic heterocycles. The average molecular weight is 501 g/mol. The van der Waals surface area contributed by atoms with Crippen molar-refractivity contribution in [2.45, 2.75) is 25.2 Å². The van der Waals surface area contributed by atoms with Crippen molar-refractivity contribution in [3.63, 3.8) is 0 Å². The van der Waals surface area contributed by atoms with Crippen LogP contribution in [-0.2, 0) is 23.9 Å². The van der Waals surface area contributed by atoms with Gasteiger partial charge in [-0.05, 0) is 60.5 Å². The van der Waals surface area contributed by atoms with Crippen molar-refractivity contribution in [2.24, 2.45) is 5.92 Å². The average Bonchev–Trinajstić information content (AvgIpc) is 2.86. The number of benzene rings is 3. The maximum atomic E-state index is 14.1. The summed E-state index contributed by atoms with van der Waals surface area (Å²) >= 11 is 0. The fourth-order valence-electron chi connectivity index (χ4n) is 5.14. The van der Waals surface area contributed by atoms with E-state index < -0.39 is 23.5 Å². The summed E-state index contributed by atoms with van der Waals surface area (Å²) in [5, 5.41) is 2.78. The minimum Gasteiger partial charge on any atom is -0.368 e. The highest BCUT2D eigenvalue weighted by atomic mass is 19.4. The molecule has 36 heavy (non-hydrogen) atoms. The number of halogens is 5. The molecule has 2 aliphatic rings. The second-order valence-electron chi connectivity index (χ2n) is 9.14. The first-order valence-corrected chi connectivity index (χ1v) is 11.7. The Morgan fingerprint density at radius 1 is 0.972 bits per heavy atom. The van der Waals surface area contributed by atoms with Crippen molar-refractivity contribution >= 4 is 17.3 Å². The number of rotatable bonds is 4. The van der Waals surface area contributed by atoms with Gasteiger partial charge in [-0.3, -0.25) is 4.79 Å². The molecule has 5 rings (SSSR count). The van der Waals surface area contributed by atoms with Crippen molar-refractivity contribution in [3.05, 3.63) is 95.1 Å². The standard InChI is InChI=1S/C27H24F5N3O/c28-20-6-8-21(9-7-20)34-11-12-35-24-10-5-19(27(30,31)32)13-18(24)14-22(25(35)16-34)26(36)33-15-17-3-1-2-4-23(17)29/h1-10,13,22,25H,11-12,14-16H2,(H,33,36)/t22-,25-/m0/s1. The van der Waals surface area contributed by atoms with E-state index in [1.165, 1.54) is 24.3 Å². The van der Waals surface area contributed by atoms with Crippen LogP contribution < -0.4 is 15.1 Å². The van der Waals surface area contributed by atoms with Gasteiger partial charge in [0.25, 0.3) is 0 Å². The Bertz CT molecular complexity index is 1260. The molecule has 3 aromatic carbocycles. The van der Waals surface area contributed by atoms with E-state index in [0.29, 0.717) is 36.4 Å². The van der Waals surface area contributed by atoms with Crippen LogP contribution in [0.3, 0.4) is 0 Å². The van der Waals surface area contributed by atoms with Gasteiger partial charge < -0.3 is 15.1 Å². The number of nitrogens with zero attached hydrogens (tertiary/aromatic N) is 2. The Hall–Kier alpha value is -3.62. The molecule has 0 saturated carbocycles. The lowest BCUT2D eigenvalue weighted by atomic mass is 9.82. The van der Waals surface area contributed by atoms with Gasteiger partial charge in [0.1, 0.15) is 11.6 Å². The van der Waals surface area contributed by atoms with Crippen LogP contribution in [0.15, 0.2) is 66.7 Å². The molecule has 2 heterocycles. The summed E-state index contributed by atoms with van der Waals surface area (Å²) in [5.74, 6) is -1.80. The molecule has 3 aromatic rings. The fourth-order valence-corrected chi connectivity index (χ4v) is 5.14. The normalized spacial score (nSPS) is 19.5. The van der Waals surface area contributed by atoms with E-state index in [1.807, 2.05) is 9.80 Å². The zero-order chi connectivity index (χ0) is 25.4. The summed E-state index contributed by atoms with van der Waals surface area (Å²) in [6, 6.07) is 15.5. The Morgan fingerprint density at radius 2 is 1.72 bits per heavy atom. The van der Waals surface area contributed by atoms with Gasteiger partial charge in [-0.1, -0.05) is 18.2 Å². The Morgan fingerprint density at radius 3 is 2.44 bits per heavy atom. The van der Waals surface area contributed by atoms with Gasteiger partial charge >= 0.3 is 6.18 Å². The monoisotopic (exact) mass is 501 g/mol. The van der Waals surface area contributed by atoms with Gasteiger partial charge in [0.05, 0.1) is 17.5 Å². The molecular formula is C27H24F5N3O. The zero-order valence-corrected chi connectivity index (χ0v) is 19.2. The molecule has 0 bridgehead atoms. The number of alkyl halides is 3. The van der Waals surface area contributed by atoms with Crippen LogP contribution in [0.25, 0.3) is 0 Å². The Balaban J connectivity index is 1.44. The van der Waals surface area contributed by atoms with Crippen LogP contribution in [0.5, 0.6) is 0 Å². The maximum Gasteiger partial charge on any atom is 0.416 e. The smallest absolute Gasteiger partial charge is 0.368 e. The van der Waals surface area contributed by atoms with Crippen LogP contribution in [0.4, 0.5) is 33.3 Å². The summed E-state index contributed by atoms with van der Waals surface area (Å²) in [6.45, 7) is 1.46. The lowest BCUT2D eigenvalue weighted by Crippen LogP contribution is -2.61. The minimum absolute atomic E-state index is 0.0220. The van der Waals surface area contributed by atoms with Crippen molar-refractivity contribution < 1.29 is 26.7 Å². The SMILES string of the molecule is O=C(NCc1ccccc1F)[C@H]1Cc2cc(C(F)(F)F)ccc2N2CCN(c3ccc(F)cc3)C[C@@H]12. The predicted octanol–water partition coefficient (Wildman–Crippen LogP) is 5.17. The molecule has 0 radical (unpaired) electrons. The minimum atomic E-state index is -4.49. The maximum absolute atomic E-state index is 14.1. The quantitative estimate of drug-likeness (QED) is 0.502. The third-order valence-corrected chi connectivity index (χ3v) is 6.98. The summed E-state index contributed by atoms with van der Waals surface area (Å²) in [4.78, 5) is 17.4. The van der Waals surface area contributed by atoms with E-state index in [4.69, 9.17) is 0 Å². The van der Waals surface area contributed by atoms with Crippen LogP contribution in [0.2, 0.25) is 0 Å². The number of carbonyl (C=O) groups excluding carboxylic acids is 1.